The maximum Gasteiger partial charge on any atom is 0.266 e. The molecule has 0 aromatic rings. The maximum atomic E-state index is 12.7. The van der Waals surface area contributed by atoms with Crippen molar-refractivity contribution in [1.29, 1.82) is 0 Å². The first-order valence-electron chi connectivity index (χ1n) is 4.91. The van der Waals surface area contributed by atoms with E-state index in [4.69, 9.17) is 4.74 Å². The average Bonchev–Trinajstić information content (AvgIpc) is 2.92. The summed E-state index contributed by atoms with van der Waals surface area (Å²) in [5, 5.41) is 9.90. The fraction of sp³-hybridized carbons (Fsp3) is 0.800. The lowest BCUT2D eigenvalue weighted by atomic mass is 9.85. The summed E-state index contributed by atoms with van der Waals surface area (Å²) >= 11 is 0. The standard InChI is InChI=1S/C10H14F2O2/c11-10(12)5-3-9(13,4-6-10)2-1-8-7-14-8/h3,5,8,13H,1-2,4,6-7H2. The summed E-state index contributed by atoms with van der Waals surface area (Å²) in [4.78, 5) is 0. The summed E-state index contributed by atoms with van der Waals surface area (Å²) in [7, 11) is 0. The van der Waals surface area contributed by atoms with Crippen LogP contribution in [-0.4, -0.2) is 29.3 Å². The van der Waals surface area contributed by atoms with Gasteiger partial charge < -0.3 is 9.84 Å². The first-order chi connectivity index (χ1) is 6.49. The Morgan fingerprint density at radius 1 is 1.36 bits per heavy atom. The van der Waals surface area contributed by atoms with E-state index in [1.165, 1.54) is 6.08 Å². The van der Waals surface area contributed by atoms with Gasteiger partial charge in [0.2, 0.25) is 0 Å². The number of hydrogen-bond donors (Lipinski definition) is 1. The zero-order valence-corrected chi connectivity index (χ0v) is 7.88. The topological polar surface area (TPSA) is 32.8 Å². The number of aliphatic hydroxyl groups is 1. The molecule has 0 amide bonds. The highest BCUT2D eigenvalue weighted by Crippen LogP contribution is 2.36. The number of ether oxygens (including phenoxy) is 1. The van der Waals surface area contributed by atoms with Crippen LogP contribution in [0.15, 0.2) is 12.2 Å². The lowest BCUT2D eigenvalue weighted by Crippen LogP contribution is -2.34. The smallest absolute Gasteiger partial charge is 0.266 e. The number of rotatable bonds is 3. The minimum atomic E-state index is -2.73. The molecule has 0 radical (unpaired) electrons. The number of halogens is 2. The molecule has 2 atom stereocenters. The van der Waals surface area contributed by atoms with Crippen LogP contribution in [0.25, 0.3) is 0 Å². The third-order valence-corrected chi connectivity index (χ3v) is 2.83. The molecule has 1 N–H and O–H groups in total. The summed E-state index contributed by atoms with van der Waals surface area (Å²) in [6.07, 6.45) is 3.48. The van der Waals surface area contributed by atoms with E-state index in [2.05, 4.69) is 0 Å². The fourth-order valence-corrected chi connectivity index (χ4v) is 1.68. The van der Waals surface area contributed by atoms with Gasteiger partial charge in [0.25, 0.3) is 5.92 Å². The molecule has 14 heavy (non-hydrogen) atoms. The second kappa shape index (κ2) is 3.28. The van der Waals surface area contributed by atoms with E-state index >= 15 is 0 Å². The van der Waals surface area contributed by atoms with Crippen LogP contribution < -0.4 is 0 Å². The van der Waals surface area contributed by atoms with Gasteiger partial charge in [-0.05, 0) is 25.3 Å². The van der Waals surface area contributed by atoms with Crippen molar-refractivity contribution < 1.29 is 18.6 Å². The van der Waals surface area contributed by atoms with E-state index in [1.807, 2.05) is 0 Å². The monoisotopic (exact) mass is 204 g/mol. The van der Waals surface area contributed by atoms with Crippen molar-refractivity contribution >= 4 is 0 Å². The van der Waals surface area contributed by atoms with Crippen LogP contribution in [0.2, 0.25) is 0 Å². The second-order valence-corrected chi connectivity index (χ2v) is 4.19. The fourth-order valence-electron chi connectivity index (χ4n) is 1.68. The van der Waals surface area contributed by atoms with Crippen molar-refractivity contribution in [3.05, 3.63) is 12.2 Å². The molecule has 4 heteroatoms. The van der Waals surface area contributed by atoms with E-state index in [9.17, 15) is 13.9 Å². The van der Waals surface area contributed by atoms with Gasteiger partial charge in [-0.3, -0.25) is 0 Å². The number of hydrogen-bond acceptors (Lipinski definition) is 2. The normalized spacial score (nSPS) is 39.8. The largest absolute Gasteiger partial charge is 0.386 e. The summed E-state index contributed by atoms with van der Waals surface area (Å²) in [5.74, 6) is -2.73. The summed E-state index contributed by atoms with van der Waals surface area (Å²) < 4.78 is 30.5. The van der Waals surface area contributed by atoms with E-state index in [1.54, 1.807) is 0 Å². The molecule has 1 aliphatic carbocycles. The highest BCUT2D eigenvalue weighted by Gasteiger charge is 2.38. The van der Waals surface area contributed by atoms with Crippen molar-refractivity contribution in [1.82, 2.24) is 0 Å². The molecule has 0 aromatic heterocycles. The minimum Gasteiger partial charge on any atom is -0.386 e. The molecule has 80 valence electrons. The van der Waals surface area contributed by atoms with Crippen molar-refractivity contribution in [3.8, 4) is 0 Å². The molecule has 0 aromatic carbocycles. The van der Waals surface area contributed by atoms with Crippen LogP contribution in [0.5, 0.6) is 0 Å². The van der Waals surface area contributed by atoms with E-state index in [-0.39, 0.29) is 18.9 Å². The molecule has 0 saturated carbocycles. The number of alkyl halides is 2. The van der Waals surface area contributed by atoms with Gasteiger partial charge in [0.1, 0.15) is 0 Å². The summed E-state index contributed by atoms with van der Waals surface area (Å²) in [6, 6.07) is 0. The highest BCUT2D eigenvalue weighted by molar-refractivity contribution is 5.11. The van der Waals surface area contributed by atoms with Crippen LogP contribution in [-0.2, 0) is 4.74 Å². The maximum absolute atomic E-state index is 12.7. The number of epoxide rings is 1. The predicted molar refractivity (Wildman–Crippen MR) is 47.2 cm³/mol. The molecule has 2 nitrogen and oxygen atoms in total. The molecule has 0 bridgehead atoms. The molecular formula is C10H14F2O2. The van der Waals surface area contributed by atoms with Crippen molar-refractivity contribution in [3.63, 3.8) is 0 Å². The zero-order chi connectivity index (χ0) is 10.2. The van der Waals surface area contributed by atoms with Crippen LogP contribution in [0, 0.1) is 0 Å². The van der Waals surface area contributed by atoms with Gasteiger partial charge in [-0.2, -0.15) is 0 Å². The summed E-state index contributed by atoms with van der Waals surface area (Å²) in [5.41, 5.74) is -1.03. The van der Waals surface area contributed by atoms with Crippen LogP contribution in [0.3, 0.4) is 0 Å². The average molecular weight is 204 g/mol. The lowest BCUT2D eigenvalue weighted by molar-refractivity contribution is -0.0161. The number of allylic oxidation sites excluding steroid dienone is 1. The van der Waals surface area contributed by atoms with Gasteiger partial charge in [-0.15, -0.1) is 0 Å². The van der Waals surface area contributed by atoms with Gasteiger partial charge >= 0.3 is 0 Å². The van der Waals surface area contributed by atoms with Crippen molar-refractivity contribution in [2.24, 2.45) is 0 Å². The van der Waals surface area contributed by atoms with Gasteiger partial charge in [0, 0.05) is 6.42 Å². The quantitative estimate of drug-likeness (QED) is 0.562. The molecule has 1 saturated heterocycles. The van der Waals surface area contributed by atoms with E-state index in [0.29, 0.717) is 6.42 Å². The Hall–Kier alpha value is -0.480. The zero-order valence-electron chi connectivity index (χ0n) is 7.88. The van der Waals surface area contributed by atoms with Gasteiger partial charge in [0.05, 0.1) is 18.3 Å². The first kappa shape index (κ1) is 10.1. The highest BCUT2D eigenvalue weighted by atomic mass is 19.3. The van der Waals surface area contributed by atoms with Gasteiger partial charge in [-0.25, -0.2) is 8.78 Å². The molecule has 2 unspecified atom stereocenters. The lowest BCUT2D eigenvalue weighted by Gasteiger charge is -2.30. The van der Waals surface area contributed by atoms with Gasteiger partial charge in [-0.1, -0.05) is 6.08 Å². The van der Waals surface area contributed by atoms with Crippen molar-refractivity contribution in [2.75, 3.05) is 6.61 Å². The Kier molecular flexibility index (Phi) is 2.35. The molecule has 0 spiro atoms. The molecule has 1 aliphatic heterocycles. The molecule has 1 fully saturated rings. The van der Waals surface area contributed by atoms with Crippen molar-refractivity contribution in [2.45, 2.75) is 43.3 Å². The molecule has 1 heterocycles. The SMILES string of the molecule is OC1(CCC2CO2)C=CC(F)(F)CC1. The third-order valence-electron chi connectivity index (χ3n) is 2.83. The Balaban J connectivity index is 1.89. The van der Waals surface area contributed by atoms with E-state index in [0.717, 1.165) is 19.1 Å². The predicted octanol–water partition coefficient (Wildman–Crippen LogP) is 1.88. The molecular weight excluding hydrogens is 190 g/mol. The Labute approximate surface area is 81.6 Å². The minimum absolute atomic E-state index is 0.142. The van der Waals surface area contributed by atoms with Crippen LogP contribution >= 0.6 is 0 Å². The van der Waals surface area contributed by atoms with Gasteiger partial charge in [0.15, 0.2) is 0 Å². The first-order valence-corrected chi connectivity index (χ1v) is 4.91. The third kappa shape index (κ3) is 2.51. The Bertz CT molecular complexity index is 249. The summed E-state index contributed by atoms with van der Waals surface area (Å²) in [6.45, 7) is 0.746. The van der Waals surface area contributed by atoms with Crippen LogP contribution in [0.1, 0.15) is 25.7 Å². The Morgan fingerprint density at radius 2 is 2.07 bits per heavy atom. The Morgan fingerprint density at radius 3 is 2.57 bits per heavy atom. The van der Waals surface area contributed by atoms with Crippen LogP contribution in [0.4, 0.5) is 8.78 Å². The second-order valence-electron chi connectivity index (χ2n) is 4.19. The van der Waals surface area contributed by atoms with E-state index < -0.39 is 11.5 Å². The molecule has 2 aliphatic rings. The molecule has 2 rings (SSSR count).